The van der Waals surface area contributed by atoms with Crippen LogP contribution < -0.4 is 15.4 Å². The van der Waals surface area contributed by atoms with E-state index in [9.17, 15) is 18.0 Å². The number of anilines is 1. The van der Waals surface area contributed by atoms with E-state index >= 15 is 0 Å². The third kappa shape index (κ3) is 10.2. The average Bonchev–Trinajstić information content (AvgIpc) is 3.43. The second-order valence-corrected chi connectivity index (χ2v) is 12.9. The van der Waals surface area contributed by atoms with Crippen LogP contribution in [-0.4, -0.2) is 41.6 Å². The van der Waals surface area contributed by atoms with Gasteiger partial charge in [0.15, 0.2) is 0 Å². The van der Waals surface area contributed by atoms with Gasteiger partial charge in [-0.2, -0.15) is 8.42 Å². The van der Waals surface area contributed by atoms with Gasteiger partial charge in [-0.05, 0) is 50.5 Å². The highest BCUT2D eigenvalue weighted by atomic mass is 32.2. The molecule has 0 bridgehead atoms. The maximum absolute atomic E-state index is 13.8. The summed E-state index contributed by atoms with van der Waals surface area (Å²) in [6.45, 7) is 5.24. The highest BCUT2D eigenvalue weighted by molar-refractivity contribution is 7.87. The molecule has 1 heterocycles. The lowest BCUT2D eigenvalue weighted by Crippen LogP contribution is -2.50. The molecule has 1 aromatic heterocycles. The summed E-state index contributed by atoms with van der Waals surface area (Å²) in [5.74, 6) is -0.418. The van der Waals surface area contributed by atoms with Crippen molar-refractivity contribution >= 4 is 39.3 Å². The first-order valence-electron chi connectivity index (χ1n) is 13.5. The van der Waals surface area contributed by atoms with Crippen molar-refractivity contribution in [1.82, 2.24) is 15.6 Å². The van der Waals surface area contributed by atoms with Crippen LogP contribution in [0.15, 0.2) is 90.3 Å². The van der Waals surface area contributed by atoms with Crippen molar-refractivity contribution in [3.05, 3.63) is 107 Å². The van der Waals surface area contributed by atoms with Crippen LogP contribution in [0.1, 0.15) is 43.6 Å². The van der Waals surface area contributed by atoms with Crippen molar-refractivity contribution in [1.29, 1.82) is 0 Å². The summed E-state index contributed by atoms with van der Waals surface area (Å²) in [6, 6.07) is 23.9. The smallest absolute Gasteiger partial charge is 0.408 e. The summed E-state index contributed by atoms with van der Waals surface area (Å²) in [5, 5.41) is 8.47. The number of amides is 2. The van der Waals surface area contributed by atoms with Gasteiger partial charge < -0.3 is 15.4 Å². The lowest BCUT2D eigenvalue weighted by molar-refractivity contribution is -0.124. The van der Waals surface area contributed by atoms with Crippen molar-refractivity contribution < 1.29 is 27.3 Å². The summed E-state index contributed by atoms with van der Waals surface area (Å²) < 4.78 is 38.9. The maximum Gasteiger partial charge on any atom is 0.408 e. The van der Waals surface area contributed by atoms with E-state index in [0.29, 0.717) is 12.1 Å². The first-order chi connectivity index (χ1) is 20.3. The Morgan fingerprint density at radius 1 is 0.884 bits per heavy atom. The number of benzene rings is 3. The van der Waals surface area contributed by atoms with Crippen molar-refractivity contribution in [3.63, 3.8) is 0 Å². The van der Waals surface area contributed by atoms with Gasteiger partial charge in [-0.1, -0.05) is 72.8 Å². The molecule has 0 radical (unpaired) electrons. The van der Waals surface area contributed by atoms with Gasteiger partial charge in [0.25, 0.3) is 0 Å². The van der Waals surface area contributed by atoms with E-state index in [1.54, 1.807) is 32.9 Å². The molecule has 226 valence electrons. The molecule has 0 spiro atoms. The molecule has 4 rings (SSSR count). The zero-order valence-electron chi connectivity index (χ0n) is 24.0. The zero-order chi connectivity index (χ0) is 31.0. The summed E-state index contributed by atoms with van der Waals surface area (Å²) in [5.41, 5.74) is 2.66. The van der Waals surface area contributed by atoms with Crippen molar-refractivity contribution in [2.24, 2.45) is 0 Å². The van der Waals surface area contributed by atoms with Gasteiger partial charge in [-0.3, -0.25) is 14.1 Å². The molecule has 4 aromatic rings. The Bertz CT molecular complexity index is 1620. The van der Waals surface area contributed by atoms with E-state index in [1.165, 1.54) is 23.5 Å². The lowest BCUT2D eigenvalue weighted by atomic mass is 10.0. The van der Waals surface area contributed by atoms with Gasteiger partial charge in [0.1, 0.15) is 16.7 Å². The number of aromatic nitrogens is 1. The fourth-order valence-corrected chi connectivity index (χ4v) is 5.58. The molecule has 2 atom stereocenters. The van der Waals surface area contributed by atoms with Gasteiger partial charge in [0.05, 0.1) is 17.4 Å². The van der Waals surface area contributed by atoms with E-state index in [2.05, 4.69) is 10.6 Å². The SMILES string of the molecule is CC(C)(C)OC(=O)NC(Cc1ccccc1)C(=O)NC(Cc1ccc(NS(=O)(=O)O)cc1)c1csc(-c2ccccc2)n1. The molecule has 43 heavy (non-hydrogen) atoms. The zero-order valence-corrected chi connectivity index (χ0v) is 25.6. The molecule has 4 N–H and O–H groups in total. The topological polar surface area (TPSA) is 147 Å². The molecule has 12 heteroatoms. The molecule has 0 aliphatic heterocycles. The Hall–Kier alpha value is -4.26. The minimum atomic E-state index is -4.41. The van der Waals surface area contributed by atoms with Crippen LogP contribution in [0.25, 0.3) is 10.6 Å². The number of nitrogens with one attached hydrogen (secondary N) is 3. The molecule has 0 saturated carbocycles. The van der Waals surface area contributed by atoms with E-state index < -0.39 is 40.0 Å². The van der Waals surface area contributed by atoms with Crippen LogP contribution in [0.5, 0.6) is 0 Å². The first-order valence-corrected chi connectivity index (χ1v) is 15.9. The fraction of sp³-hybridized carbons (Fsp3) is 0.258. The molecule has 0 aliphatic rings. The highest BCUT2D eigenvalue weighted by Gasteiger charge is 2.28. The number of carbonyl (C=O) groups excluding carboxylic acids is 2. The van der Waals surface area contributed by atoms with E-state index in [-0.39, 0.29) is 12.1 Å². The van der Waals surface area contributed by atoms with Crippen LogP contribution >= 0.6 is 11.3 Å². The largest absolute Gasteiger partial charge is 0.444 e. The van der Waals surface area contributed by atoms with Crippen molar-refractivity contribution in [3.8, 4) is 10.6 Å². The third-order valence-electron chi connectivity index (χ3n) is 6.15. The molecule has 2 unspecified atom stereocenters. The van der Waals surface area contributed by atoms with Gasteiger partial charge >= 0.3 is 16.4 Å². The first kappa shape index (κ1) is 31.7. The summed E-state index contributed by atoms with van der Waals surface area (Å²) in [6.07, 6.45) is -0.150. The summed E-state index contributed by atoms with van der Waals surface area (Å²) >= 11 is 1.45. The summed E-state index contributed by atoms with van der Waals surface area (Å²) in [7, 11) is -4.41. The lowest BCUT2D eigenvalue weighted by Gasteiger charge is -2.25. The van der Waals surface area contributed by atoms with Crippen LogP contribution in [-0.2, 0) is 32.7 Å². The van der Waals surface area contributed by atoms with E-state index in [1.807, 2.05) is 70.8 Å². The molecule has 2 amide bonds. The molecule has 0 fully saturated rings. The van der Waals surface area contributed by atoms with Crippen LogP contribution in [0.4, 0.5) is 10.5 Å². The number of thiazole rings is 1. The molecule has 0 aliphatic carbocycles. The molecule has 3 aromatic carbocycles. The number of hydrogen-bond acceptors (Lipinski definition) is 7. The molecular formula is C31H34N4O6S2. The average molecular weight is 623 g/mol. The Labute approximate surface area is 255 Å². The normalized spacial score (nSPS) is 13.0. The third-order valence-corrected chi connectivity index (χ3v) is 7.55. The number of ether oxygens (including phenoxy) is 1. The van der Waals surface area contributed by atoms with Gasteiger partial charge in [0.2, 0.25) is 5.91 Å². The number of hydrogen-bond donors (Lipinski definition) is 4. The molecule has 0 saturated heterocycles. The predicted octanol–water partition coefficient (Wildman–Crippen LogP) is 5.56. The Balaban J connectivity index is 1.61. The van der Waals surface area contributed by atoms with E-state index in [0.717, 1.165) is 21.7 Å². The quantitative estimate of drug-likeness (QED) is 0.160. The van der Waals surface area contributed by atoms with Gasteiger partial charge in [-0.25, -0.2) is 9.78 Å². The second-order valence-electron chi connectivity index (χ2n) is 10.9. The van der Waals surface area contributed by atoms with Crippen LogP contribution in [0, 0.1) is 0 Å². The number of alkyl carbamates (subject to hydrolysis) is 1. The minimum Gasteiger partial charge on any atom is -0.444 e. The Morgan fingerprint density at radius 3 is 2.09 bits per heavy atom. The summed E-state index contributed by atoms with van der Waals surface area (Å²) in [4.78, 5) is 31.3. The van der Waals surface area contributed by atoms with Crippen LogP contribution in [0.2, 0.25) is 0 Å². The standard InChI is InChI=1S/C31H34N4O6S2/c1-31(2,3)41-30(37)34-26(19-21-10-6-4-7-11-21)28(36)32-25(18-22-14-16-24(17-15-22)35-43(38,39)40)27-20-42-29(33-27)23-12-8-5-9-13-23/h4-17,20,25-26,35H,18-19H2,1-3H3,(H,32,36)(H,34,37)(H,38,39,40). The number of nitrogens with zero attached hydrogens (tertiary/aromatic N) is 1. The van der Waals surface area contributed by atoms with Crippen molar-refractivity contribution in [2.45, 2.75) is 51.3 Å². The Morgan fingerprint density at radius 2 is 1.49 bits per heavy atom. The maximum atomic E-state index is 13.8. The Kier molecular flexibility index (Phi) is 10.2. The van der Waals surface area contributed by atoms with E-state index in [4.69, 9.17) is 14.3 Å². The second kappa shape index (κ2) is 13.8. The molecular weight excluding hydrogens is 588 g/mol. The predicted molar refractivity (Wildman–Crippen MR) is 167 cm³/mol. The molecule has 10 nitrogen and oxygen atoms in total. The van der Waals surface area contributed by atoms with Gasteiger partial charge in [-0.15, -0.1) is 11.3 Å². The monoisotopic (exact) mass is 622 g/mol. The fourth-order valence-electron chi connectivity index (χ4n) is 4.26. The minimum absolute atomic E-state index is 0.191. The highest BCUT2D eigenvalue weighted by Crippen LogP contribution is 2.28. The number of carbonyl (C=O) groups is 2. The van der Waals surface area contributed by atoms with Crippen molar-refractivity contribution in [2.75, 3.05) is 4.72 Å². The number of rotatable bonds is 11. The van der Waals surface area contributed by atoms with Gasteiger partial charge in [0, 0.05) is 17.4 Å². The van der Waals surface area contributed by atoms with Crippen LogP contribution in [0.3, 0.4) is 0 Å².